The third-order valence-corrected chi connectivity index (χ3v) is 0.856. The van der Waals surface area contributed by atoms with Crippen LogP contribution in [0.4, 0.5) is 13.2 Å². The van der Waals surface area contributed by atoms with Gasteiger partial charge >= 0.3 is 12.1 Å². The molecule has 13 heavy (non-hydrogen) atoms. The van der Waals surface area contributed by atoms with Crippen LogP contribution in [-0.2, 0) is 9.53 Å². The maximum Gasteiger partial charge on any atom is 0.490 e. The smallest absolute Gasteiger partial charge is 0.432 e. The molecule has 0 heterocycles. The van der Waals surface area contributed by atoms with E-state index in [1.165, 1.54) is 0 Å². The van der Waals surface area contributed by atoms with Crippen molar-refractivity contribution < 1.29 is 22.7 Å². The number of alkyl halides is 3. The largest absolute Gasteiger partial charge is 0.490 e. The number of esters is 1. The number of nitrogens with two attached hydrogens (primary N) is 1. The number of halogens is 3. The highest BCUT2D eigenvalue weighted by molar-refractivity contribution is 5.87. The molecule has 0 aliphatic heterocycles. The Morgan fingerprint density at radius 2 is 2.08 bits per heavy atom. The van der Waals surface area contributed by atoms with Gasteiger partial charge in [0.1, 0.15) is 11.9 Å². The quantitative estimate of drug-likeness (QED) is 0.365. The summed E-state index contributed by atoms with van der Waals surface area (Å²) < 4.78 is 38.1. The Kier molecular flexibility index (Phi) is 3.24. The molecule has 0 saturated carbocycles. The van der Waals surface area contributed by atoms with Gasteiger partial charge in [-0.1, -0.05) is 0 Å². The lowest BCUT2D eigenvalue weighted by atomic mass is 10.4. The Bertz CT molecular complexity index is 267. The number of amidine groups is 1. The number of nitrogens with one attached hydrogen (secondary N) is 1. The van der Waals surface area contributed by atoms with Crippen LogP contribution in [0, 0.1) is 16.7 Å². The highest BCUT2D eigenvalue weighted by Gasteiger charge is 2.42. The van der Waals surface area contributed by atoms with Crippen molar-refractivity contribution in [3.63, 3.8) is 0 Å². The van der Waals surface area contributed by atoms with E-state index in [1.807, 2.05) is 0 Å². The Morgan fingerprint density at radius 1 is 1.62 bits per heavy atom. The topological polar surface area (TPSA) is 100.0 Å². The molecule has 5 nitrogen and oxygen atoms in total. The van der Waals surface area contributed by atoms with Crippen molar-refractivity contribution in [1.29, 1.82) is 10.7 Å². The summed E-state index contributed by atoms with van der Waals surface area (Å²) in [7, 11) is 0. The first kappa shape index (κ1) is 11.2. The molecule has 0 amide bonds. The molecule has 0 fully saturated rings. The SMILES string of the molecule is N#CC(OC(=O)C(F)(F)F)C(=N)N. The summed E-state index contributed by atoms with van der Waals surface area (Å²) in [5, 5.41) is 14.7. The van der Waals surface area contributed by atoms with Crippen molar-refractivity contribution in [1.82, 2.24) is 0 Å². The Balaban J connectivity index is 4.38. The van der Waals surface area contributed by atoms with Crippen LogP contribution in [0.5, 0.6) is 0 Å². The van der Waals surface area contributed by atoms with Gasteiger partial charge in [-0.2, -0.15) is 18.4 Å². The number of nitriles is 1. The van der Waals surface area contributed by atoms with Gasteiger partial charge in [0, 0.05) is 0 Å². The normalized spacial score (nSPS) is 12.8. The molecular weight excluding hydrogens is 191 g/mol. The third kappa shape index (κ3) is 3.42. The average molecular weight is 195 g/mol. The van der Waals surface area contributed by atoms with Crippen molar-refractivity contribution >= 4 is 11.8 Å². The summed E-state index contributed by atoms with van der Waals surface area (Å²) in [6.45, 7) is 0. The molecule has 0 rings (SSSR count). The second-order valence-electron chi connectivity index (χ2n) is 1.87. The van der Waals surface area contributed by atoms with Crippen molar-refractivity contribution in [2.75, 3.05) is 0 Å². The maximum absolute atomic E-state index is 11.5. The first-order chi connectivity index (χ1) is 5.79. The lowest BCUT2D eigenvalue weighted by Gasteiger charge is -2.10. The van der Waals surface area contributed by atoms with E-state index in [0.29, 0.717) is 0 Å². The van der Waals surface area contributed by atoms with Crippen molar-refractivity contribution in [2.45, 2.75) is 12.3 Å². The van der Waals surface area contributed by atoms with Gasteiger partial charge in [0.05, 0.1) is 0 Å². The number of hydrogen-bond acceptors (Lipinski definition) is 4. The fourth-order valence-electron chi connectivity index (χ4n) is 0.333. The fourth-order valence-corrected chi connectivity index (χ4v) is 0.333. The first-order valence-electron chi connectivity index (χ1n) is 2.80. The summed E-state index contributed by atoms with van der Waals surface area (Å²) in [4.78, 5) is 10.1. The standard InChI is InChI=1S/C5H4F3N3O2/c6-5(7,8)4(12)13-2(1-9)3(10)11/h2H,(H3,10,11). The molecular formula is C5H4F3N3O2. The van der Waals surface area contributed by atoms with Crippen LogP contribution in [-0.4, -0.2) is 24.1 Å². The van der Waals surface area contributed by atoms with Crippen molar-refractivity contribution in [2.24, 2.45) is 5.73 Å². The van der Waals surface area contributed by atoms with E-state index in [0.717, 1.165) is 6.07 Å². The van der Waals surface area contributed by atoms with Gasteiger partial charge in [0.25, 0.3) is 0 Å². The van der Waals surface area contributed by atoms with Gasteiger partial charge in [-0.15, -0.1) is 0 Å². The zero-order valence-corrected chi connectivity index (χ0v) is 6.05. The molecule has 3 N–H and O–H groups in total. The summed E-state index contributed by atoms with van der Waals surface area (Å²) in [5.74, 6) is -3.51. The fraction of sp³-hybridized carbons (Fsp3) is 0.400. The molecule has 0 saturated heterocycles. The van der Waals surface area contributed by atoms with Gasteiger partial charge in [-0.25, -0.2) is 4.79 Å². The Labute approximate surface area is 70.4 Å². The predicted octanol–water partition coefficient (Wildman–Crippen LogP) is -0.0800. The van der Waals surface area contributed by atoms with E-state index in [-0.39, 0.29) is 0 Å². The summed E-state index contributed by atoms with van der Waals surface area (Å²) in [5.41, 5.74) is 4.66. The molecule has 1 atom stereocenters. The number of carbonyl (C=O) groups excluding carboxylic acids is 1. The average Bonchev–Trinajstić information content (AvgIpc) is 1.96. The minimum atomic E-state index is -5.19. The van der Waals surface area contributed by atoms with E-state index < -0.39 is 24.1 Å². The molecule has 8 heteroatoms. The van der Waals surface area contributed by atoms with Crippen LogP contribution in [0.2, 0.25) is 0 Å². The minimum Gasteiger partial charge on any atom is -0.432 e. The predicted molar refractivity (Wildman–Crippen MR) is 33.5 cm³/mol. The molecule has 0 bridgehead atoms. The van der Waals surface area contributed by atoms with E-state index in [1.54, 1.807) is 0 Å². The highest BCUT2D eigenvalue weighted by atomic mass is 19.4. The minimum absolute atomic E-state index is 0.958. The van der Waals surface area contributed by atoms with E-state index >= 15 is 0 Å². The zero-order valence-electron chi connectivity index (χ0n) is 6.05. The number of carbonyl (C=O) groups is 1. The summed E-state index contributed by atoms with van der Waals surface area (Å²) >= 11 is 0. The second kappa shape index (κ2) is 3.75. The zero-order chi connectivity index (χ0) is 10.6. The molecule has 72 valence electrons. The van der Waals surface area contributed by atoms with Crippen LogP contribution in [0.25, 0.3) is 0 Å². The number of ether oxygens (including phenoxy) is 1. The van der Waals surface area contributed by atoms with E-state index in [4.69, 9.17) is 10.7 Å². The molecule has 0 aromatic rings. The lowest BCUT2D eigenvalue weighted by molar-refractivity contribution is -0.200. The first-order valence-corrected chi connectivity index (χ1v) is 2.80. The summed E-state index contributed by atoms with van der Waals surface area (Å²) in [6, 6.07) is 1.11. The molecule has 1 unspecified atom stereocenters. The van der Waals surface area contributed by atoms with E-state index in [2.05, 4.69) is 10.5 Å². The Hall–Kier alpha value is -1.78. The van der Waals surface area contributed by atoms with Gasteiger partial charge in [0.2, 0.25) is 6.10 Å². The summed E-state index contributed by atoms with van der Waals surface area (Å²) in [6.07, 6.45) is -7.18. The lowest BCUT2D eigenvalue weighted by Crippen LogP contribution is -2.36. The number of rotatable bonds is 2. The third-order valence-electron chi connectivity index (χ3n) is 0.856. The van der Waals surface area contributed by atoms with Crippen molar-refractivity contribution in [3.05, 3.63) is 0 Å². The molecule has 0 aliphatic carbocycles. The van der Waals surface area contributed by atoms with Crippen LogP contribution in [0.3, 0.4) is 0 Å². The van der Waals surface area contributed by atoms with Crippen LogP contribution in [0.15, 0.2) is 0 Å². The highest BCUT2D eigenvalue weighted by Crippen LogP contribution is 2.17. The number of nitrogens with zero attached hydrogens (tertiary/aromatic N) is 1. The van der Waals surface area contributed by atoms with Gasteiger partial charge in [0.15, 0.2) is 0 Å². The Morgan fingerprint density at radius 3 is 2.31 bits per heavy atom. The van der Waals surface area contributed by atoms with Crippen LogP contribution < -0.4 is 5.73 Å². The molecule has 0 spiro atoms. The van der Waals surface area contributed by atoms with Crippen molar-refractivity contribution in [3.8, 4) is 6.07 Å². The van der Waals surface area contributed by atoms with Gasteiger partial charge in [-0.3, -0.25) is 5.41 Å². The number of hydrogen-bond donors (Lipinski definition) is 2. The van der Waals surface area contributed by atoms with Gasteiger partial charge in [-0.05, 0) is 0 Å². The molecule has 0 aliphatic rings. The monoisotopic (exact) mass is 195 g/mol. The second-order valence-corrected chi connectivity index (χ2v) is 1.87. The van der Waals surface area contributed by atoms with Crippen LogP contribution >= 0.6 is 0 Å². The van der Waals surface area contributed by atoms with Crippen LogP contribution in [0.1, 0.15) is 0 Å². The molecule has 0 radical (unpaired) electrons. The molecule has 0 aromatic carbocycles. The van der Waals surface area contributed by atoms with Gasteiger partial charge < -0.3 is 10.5 Å². The molecule has 0 aromatic heterocycles. The van der Waals surface area contributed by atoms with E-state index in [9.17, 15) is 18.0 Å². The maximum atomic E-state index is 11.5.